The van der Waals surface area contributed by atoms with E-state index in [1.54, 1.807) is 0 Å². The van der Waals surface area contributed by atoms with Gasteiger partial charge < -0.3 is 9.47 Å². The molecule has 0 N–H and O–H groups in total. The summed E-state index contributed by atoms with van der Waals surface area (Å²) in [4.78, 5) is 0. The smallest absolute Gasteiger partial charge is 0.0471 e. The summed E-state index contributed by atoms with van der Waals surface area (Å²) in [5.74, 6) is 2.50. The Balaban J connectivity index is 2.20. The van der Waals surface area contributed by atoms with Crippen molar-refractivity contribution in [3.05, 3.63) is 0 Å². The largest absolute Gasteiger partial charge is 0.381 e. The highest BCUT2D eigenvalue weighted by Gasteiger charge is 2.26. The summed E-state index contributed by atoms with van der Waals surface area (Å²) in [6.07, 6.45) is 6.17. The van der Waals surface area contributed by atoms with Gasteiger partial charge in [0, 0.05) is 26.4 Å². The molecule has 1 aliphatic heterocycles. The molecule has 1 heterocycles. The van der Waals surface area contributed by atoms with Crippen molar-refractivity contribution >= 4 is 0 Å². The van der Waals surface area contributed by atoms with Gasteiger partial charge in [-0.3, -0.25) is 0 Å². The minimum atomic E-state index is 0.389. The quantitative estimate of drug-likeness (QED) is 0.589. The third-order valence-corrected chi connectivity index (χ3v) is 4.79. The molecule has 1 saturated heterocycles. The lowest BCUT2D eigenvalue weighted by atomic mass is 9.76. The van der Waals surface area contributed by atoms with E-state index in [1.165, 1.54) is 25.7 Å². The van der Waals surface area contributed by atoms with Crippen LogP contribution in [0.5, 0.6) is 0 Å². The van der Waals surface area contributed by atoms with Crippen LogP contribution in [0, 0.1) is 23.2 Å². The molecule has 0 amide bonds. The number of hydrogen-bond acceptors (Lipinski definition) is 2. The molecule has 0 aromatic carbocycles. The molecule has 1 aliphatic rings. The van der Waals surface area contributed by atoms with Crippen LogP contribution in [0.15, 0.2) is 0 Å². The lowest BCUT2D eigenvalue weighted by molar-refractivity contribution is 0.0271. The van der Waals surface area contributed by atoms with Gasteiger partial charge in [0.25, 0.3) is 0 Å². The summed E-state index contributed by atoms with van der Waals surface area (Å²) in [5.41, 5.74) is 0.389. The van der Waals surface area contributed by atoms with Crippen molar-refractivity contribution in [1.82, 2.24) is 0 Å². The van der Waals surface area contributed by atoms with Gasteiger partial charge in [-0.1, -0.05) is 41.0 Å². The Bertz CT molecular complexity index is 238. The predicted molar refractivity (Wildman–Crippen MR) is 86.0 cm³/mol. The van der Waals surface area contributed by atoms with Gasteiger partial charge in [0.15, 0.2) is 0 Å². The Hall–Kier alpha value is -0.0800. The fourth-order valence-electron chi connectivity index (χ4n) is 3.31. The molecule has 2 unspecified atom stereocenters. The predicted octanol–water partition coefficient (Wildman–Crippen LogP) is 4.92. The summed E-state index contributed by atoms with van der Waals surface area (Å²) >= 11 is 0. The summed E-state index contributed by atoms with van der Waals surface area (Å²) in [7, 11) is 0. The maximum Gasteiger partial charge on any atom is 0.0471 e. The van der Waals surface area contributed by atoms with E-state index >= 15 is 0 Å². The van der Waals surface area contributed by atoms with Gasteiger partial charge in [0.2, 0.25) is 0 Å². The second-order valence-corrected chi connectivity index (χ2v) is 7.71. The van der Waals surface area contributed by atoms with Crippen LogP contribution in [0.2, 0.25) is 0 Å². The molecule has 2 heteroatoms. The fourth-order valence-corrected chi connectivity index (χ4v) is 3.31. The van der Waals surface area contributed by atoms with E-state index in [9.17, 15) is 0 Å². The summed E-state index contributed by atoms with van der Waals surface area (Å²) in [5, 5.41) is 0. The first-order valence-corrected chi connectivity index (χ1v) is 8.59. The molecule has 0 saturated carbocycles. The van der Waals surface area contributed by atoms with E-state index in [0.29, 0.717) is 5.41 Å². The van der Waals surface area contributed by atoms with Crippen molar-refractivity contribution in [2.75, 3.05) is 26.4 Å². The van der Waals surface area contributed by atoms with Gasteiger partial charge in [-0.2, -0.15) is 0 Å². The van der Waals surface area contributed by atoms with Crippen LogP contribution in [0.1, 0.15) is 66.7 Å². The highest BCUT2D eigenvalue weighted by Crippen LogP contribution is 2.33. The lowest BCUT2D eigenvalue weighted by Gasteiger charge is -2.33. The maximum atomic E-state index is 5.84. The summed E-state index contributed by atoms with van der Waals surface area (Å²) in [6.45, 7) is 15.4. The molecule has 1 rings (SSSR count). The zero-order chi connectivity index (χ0) is 15.0. The Morgan fingerprint density at radius 1 is 1.15 bits per heavy atom. The first-order chi connectivity index (χ1) is 9.44. The lowest BCUT2D eigenvalue weighted by Crippen LogP contribution is -2.28. The third kappa shape index (κ3) is 7.08. The van der Waals surface area contributed by atoms with Crippen molar-refractivity contribution in [2.24, 2.45) is 23.2 Å². The second-order valence-electron chi connectivity index (χ2n) is 7.71. The SMILES string of the molecule is CCC(C(C)CCOCCC(C)(C)C)C1CCOCC1. The molecule has 0 radical (unpaired) electrons. The molecule has 2 atom stereocenters. The second kappa shape index (κ2) is 9.04. The van der Waals surface area contributed by atoms with Gasteiger partial charge >= 0.3 is 0 Å². The number of hydrogen-bond donors (Lipinski definition) is 0. The molecule has 0 bridgehead atoms. The van der Waals surface area contributed by atoms with Gasteiger partial charge in [0.1, 0.15) is 0 Å². The van der Waals surface area contributed by atoms with Crippen LogP contribution in [-0.4, -0.2) is 26.4 Å². The monoisotopic (exact) mass is 284 g/mol. The van der Waals surface area contributed by atoms with Gasteiger partial charge in [-0.25, -0.2) is 0 Å². The van der Waals surface area contributed by atoms with Crippen molar-refractivity contribution < 1.29 is 9.47 Å². The molecular formula is C18H36O2. The third-order valence-electron chi connectivity index (χ3n) is 4.79. The first-order valence-electron chi connectivity index (χ1n) is 8.59. The standard InChI is InChI=1S/C18H36O2/c1-6-17(16-8-12-19-13-9-16)15(2)7-11-20-14-10-18(3,4)5/h15-17H,6-14H2,1-5H3. The molecule has 1 fully saturated rings. The first kappa shape index (κ1) is 18.0. The van der Waals surface area contributed by atoms with Crippen LogP contribution in [-0.2, 0) is 9.47 Å². The van der Waals surface area contributed by atoms with Crippen molar-refractivity contribution in [3.63, 3.8) is 0 Å². The Morgan fingerprint density at radius 2 is 1.80 bits per heavy atom. The zero-order valence-electron chi connectivity index (χ0n) is 14.4. The normalized spacial score (nSPS) is 20.9. The topological polar surface area (TPSA) is 18.5 Å². The molecule has 20 heavy (non-hydrogen) atoms. The van der Waals surface area contributed by atoms with Gasteiger partial charge in [0.05, 0.1) is 0 Å². The molecule has 0 aromatic rings. The zero-order valence-corrected chi connectivity index (χ0v) is 14.4. The number of ether oxygens (including phenoxy) is 2. The minimum Gasteiger partial charge on any atom is -0.381 e. The van der Waals surface area contributed by atoms with Crippen LogP contribution >= 0.6 is 0 Å². The highest BCUT2D eigenvalue weighted by atomic mass is 16.5. The Labute approximate surface area is 126 Å². The van der Waals surface area contributed by atoms with E-state index in [4.69, 9.17) is 9.47 Å². The molecule has 120 valence electrons. The Kier molecular flexibility index (Phi) is 8.13. The van der Waals surface area contributed by atoms with Crippen molar-refractivity contribution in [1.29, 1.82) is 0 Å². The highest BCUT2D eigenvalue weighted by molar-refractivity contribution is 4.76. The van der Waals surface area contributed by atoms with Crippen molar-refractivity contribution in [3.8, 4) is 0 Å². The molecule has 0 aliphatic carbocycles. The average molecular weight is 284 g/mol. The minimum absolute atomic E-state index is 0.389. The molecule has 0 spiro atoms. The van der Waals surface area contributed by atoms with E-state index in [1.807, 2.05) is 0 Å². The van der Waals surface area contributed by atoms with Crippen molar-refractivity contribution in [2.45, 2.75) is 66.7 Å². The van der Waals surface area contributed by atoms with E-state index in [2.05, 4.69) is 34.6 Å². The molecular weight excluding hydrogens is 248 g/mol. The molecule has 0 aromatic heterocycles. The van der Waals surface area contributed by atoms with Gasteiger partial charge in [-0.05, 0) is 48.9 Å². The average Bonchev–Trinajstić information content (AvgIpc) is 2.39. The molecule has 2 nitrogen and oxygen atoms in total. The van der Waals surface area contributed by atoms with E-state index in [0.717, 1.165) is 50.6 Å². The van der Waals surface area contributed by atoms with Crippen LogP contribution < -0.4 is 0 Å². The summed E-state index contributed by atoms with van der Waals surface area (Å²) < 4.78 is 11.3. The van der Waals surface area contributed by atoms with Gasteiger partial charge in [-0.15, -0.1) is 0 Å². The van der Waals surface area contributed by atoms with Crippen LogP contribution in [0.4, 0.5) is 0 Å². The van der Waals surface area contributed by atoms with E-state index in [-0.39, 0.29) is 0 Å². The number of rotatable bonds is 8. The maximum absolute atomic E-state index is 5.84. The van der Waals surface area contributed by atoms with Crippen LogP contribution in [0.3, 0.4) is 0 Å². The fraction of sp³-hybridized carbons (Fsp3) is 1.00. The summed E-state index contributed by atoms with van der Waals surface area (Å²) in [6, 6.07) is 0. The van der Waals surface area contributed by atoms with E-state index < -0.39 is 0 Å². The van der Waals surface area contributed by atoms with Crippen LogP contribution in [0.25, 0.3) is 0 Å². The Morgan fingerprint density at radius 3 is 2.35 bits per heavy atom.